The summed E-state index contributed by atoms with van der Waals surface area (Å²) in [5, 5.41) is 0. The number of aliphatic imine (C=N–C) groups is 1. The highest BCUT2D eigenvalue weighted by Crippen LogP contribution is 2.18. The van der Waals surface area contributed by atoms with Crippen LogP contribution in [0.1, 0.15) is 22.9 Å². The van der Waals surface area contributed by atoms with Crippen molar-refractivity contribution in [2.45, 2.75) is 12.6 Å². The lowest BCUT2D eigenvalue weighted by Crippen LogP contribution is -2.07. The van der Waals surface area contributed by atoms with Crippen molar-refractivity contribution in [2.75, 3.05) is 13.2 Å². The van der Waals surface area contributed by atoms with Gasteiger partial charge in [0, 0.05) is 24.2 Å². The van der Waals surface area contributed by atoms with Gasteiger partial charge in [-0.1, -0.05) is 48.4 Å². The van der Waals surface area contributed by atoms with Gasteiger partial charge < -0.3 is 9.47 Å². The number of aromatic nitrogens is 3. The molecule has 0 bridgehead atoms. The summed E-state index contributed by atoms with van der Waals surface area (Å²) >= 11 is 0. The Morgan fingerprint density at radius 1 is 0.882 bits per heavy atom. The van der Waals surface area contributed by atoms with E-state index in [-0.39, 0.29) is 12.6 Å². The van der Waals surface area contributed by atoms with Crippen LogP contribution in [0.15, 0.2) is 96.4 Å². The number of terminal acetylenes is 1. The van der Waals surface area contributed by atoms with Gasteiger partial charge in [-0.15, -0.1) is 6.42 Å². The quantitative estimate of drug-likeness (QED) is 0.196. The molecule has 168 valence electrons. The van der Waals surface area contributed by atoms with E-state index in [1.54, 1.807) is 24.8 Å². The Balaban J connectivity index is 1.34. The molecule has 6 nitrogen and oxygen atoms in total. The van der Waals surface area contributed by atoms with Gasteiger partial charge in [0.15, 0.2) is 0 Å². The number of nitrogens with zero attached hydrogens (tertiary/aromatic N) is 4. The monoisotopic (exact) mass is 448 g/mol. The van der Waals surface area contributed by atoms with E-state index in [0.717, 1.165) is 28.2 Å². The zero-order valence-electron chi connectivity index (χ0n) is 18.6. The molecule has 0 amide bonds. The standard InChI is InChI=1S/C28H24N4O2/c1-2-16-33-21-28(23-8-4-3-5-9-23)32-18-24-12-13-25(19-30-24)34-20-22-11-14-27(31-17-22)26-10-6-7-15-29-26/h1,3-15,17-19,28H,16,20-21H2/t28-/m1/s1. The second-order valence-corrected chi connectivity index (χ2v) is 7.40. The Hall–Kier alpha value is -4.34. The molecule has 34 heavy (non-hydrogen) atoms. The number of hydrogen-bond donors (Lipinski definition) is 0. The van der Waals surface area contributed by atoms with Gasteiger partial charge in [-0.05, 0) is 35.9 Å². The van der Waals surface area contributed by atoms with Crippen molar-refractivity contribution in [2.24, 2.45) is 4.99 Å². The molecule has 3 heterocycles. The van der Waals surface area contributed by atoms with Crippen molar-refractivity contribution in [1.82, 2.24) is 15.0 Å². The maximum absolute atomic E-state index is 5.85. The van der Waals surface area contributed by atoms with Gasteiger partial charge in [-0.25, -0.2) is 0 Å². The first kappa shape index (κ1) is 22.8. The second-order valence-electron chi connectivity index (χ2n) is 7.40. The molecule has 1 atom stereocenters. The summed E-state index contributed by atoms with van der Waals surface area (Å²) in [5.74, 6) is 3.15. The van der Waals surface area contributed by atoms with Gasteiger partial charge in [-0.2, -0.15) is 0 Å². The number of pyridine rings is 3. The van der Waals surface area contributed by atoms with Crippen LogP contribution in [0.5, 0.6) is 5.75 Å². The summed E-state index contributed by atoms with van der Waals surface area (Å²) in [5.41, 5.74) is 4.41. The molecule has 0 aliphatic heterocycles. The third-order valence-corrected chi connectivity index (χ3v) is 4.95. The summed E-state index contributed by atoms with van der Waals surface area (Å²) in [7, 11) is 0. The fourth-order valence-corrected chi connectivity index (χ4v) is 3.19. The fraction of sp³-hybridized carbons (Fsp3) is 0.143. The molecule has 0 N–H and O–H groups in total. The molecule has 0 aliphatic rings. The zero-order valence-corrected chi connectivity index (χ0v) is 18.6. The molecule has 0 saturated heterocycles. The topological polar surface area (TPSA) is 69.5 Å². The van der Waals surface area contributed by atoms with Crippen LogP contribution >= 0.6 is 0 Å². The molecular formula is C28H24N4O2. The lowest BCUT2D eigenvalue weighted by atomic mass is 10.1. The normalized spacial score (nSPS) is 11.7. The number of rotatable bonds is 10. The van der Waals surface area contributed by atoms with E-state index in [1.165, 1.54) is 0 Å². The zero-order chi connectivity index (χ0) is 23.4. The van der Waals surface area contributed by atoms with E-state index in [1.807, 2.05) is 72.8 Å². The van der Waals surface area contributed by atoms with Crippen molar-refractivity contribution < 1.29 is 9.47 Å². The lowest BCUT2D eigenvalue weighted by Gasteiger charge is -2.12. The van der Waals surface area contributed by atoms with Crippen LogP contribution in [0.25, 0.3) is 11.4 Å². The Morgan fingerprint density at radius 3 is 2.44 bits per heavy atom. The molecular weight excluding hydrogens is 424 g/mol. The van der Waals surface area contributed by atoms with E-state index < -0.39 is 0 Å². The number of ether oxygens (including phenoxy) is 2. The molecule has 6 heteroatoms. The van der Waals surface area contributed by atoms with Gasteiger partial charge in [-0.3, -0.25) is 19.9 Å². The Morgan fingerprint density at radius 2 is 1.74 bits per heavy atom. The largest absolute Gasteiger partial charge is 0.487 e. The van der Waals surface area contributed by atoms with E-state index in [9.17, 15) is 0 Å². The van der Waals surface area contributed by atoms with Gasteiger partial charge in [0.05, 0.1) is 35.9 Å². The van der Waals surface area contributed by atoms with Crippen molar-refractivity contribution >= 4 is 6.21 Å². The molecule has 0 radical (unpaired) electrons. The summed E-state index contributed by atoms with van der Waals surface area (Å²) < 4.78 is 11.4. The first-order valence-electron chi connectivity index (χ1n) is 10.9. The van der Waals surface area contributed by atoms with Gasteiger partial charge >= 0.3 is 0 Å². The van der Waals surface area contributed by atoms with Gasteiger partial charge in [0.1, 0.15) is 19.0 Å². The van der Waals surface area contributed by atoms with Crippen LogP contribution in [-0.2, 0) is 11.3 Å². The molecule has 0 spiro atoms. The highest BCUT2D eigenvalue weighted by molar-refractivity contribution is 5.77. The first-order chi connectivity index (χ1) is 16.8. The fourth-order valence-electron chi connectivity index (χ4n) is 3.19. The van der Waals surface area contributed by atoms with Crippen LogP contribution < -0.4 is 4.74 Å². The van der Waals surface area contributed by atoms with Crippen molar-refractivity contribution in [1.29, 1.82) is 0 Å². The predicted molar refractivity (Wildman–Crippen MR) is 132 cm³/mol. The molecule has 0 unspecified atom stereocenters. The van der Waals surface area contributed by atoms with Crippen LogP contribution in [0.4, 0.5) is 0 Å². The van der Waals surface area contributed by atoms with Crippen LogP contribution in [0, 0.1) is 12.3 Å². The molecule has 0 saturated carbocycles. The second kappa shape index (κ2) is 12.0. The van der Waals surface area contributed by atoms with Crippen LogP contribution in [-0.4, -0.2) is 34.4 Å². The van der Waals surface area contributed by atoms with Gasteiger partial charge in [0.25, 0.3) is 0 Å². The molecule has 0 aliphatic carbocycles. The van der Waals surface area contributed by atoms with Gasteiger partial charge in [0.2, 0.25) is 0 Å². The summed E-state index contributed by atoms with van der Waals surface area (Å²) in [6.07, 6.45) is 12.3. The third kappa shape index (κ3) is 6.58. The first-order valence-corrected chi connectivity index (χ1v) is 10.9. The SMILES string of the molecule is C#CCOC[C@@H](N=Cc1ccc(OCc2ccc(-c3ccccn3)nc2)cn1)c1ccccc1. The Labute approximate surface area is 199 Å². The van der Waals surface area contributed by atoms with Crippen LogP contribution in [0.3, 0.4) is 0 Å². The maximum atomic E-state index is 5.85. The summed E-state index contributed by atoms with van der Waals surface area (Å²) in [4.78, 5) is 17.9. The molecule has 3 aromatic heterocycles. The third-order valence-electron chi connectivity index (χ3n) is 4.95. The average Bonchev–Trinajstić information content (AvgIpc) is 2.91. The smallest absolute Gasteiger partial charge is 0.138 e. The minimum absolute atomic E-state index is 0.158. The van der Waals surface area contributed by atoms with E-state index in [2.05, 4.69) is 25.9 Å². The minimum atomic E-state index is -0.158. The van der Waals surface area contributed by atoms with Crippen molar-refractivity contribution in [3.05, 3.63) is 108 Å². The van der Waals surface area contributed by atoms with Crippen molar-refractivity contribution in [3.63, 3.8) is 0 Å². The minimum Gasteiger partial charge on any atom is -0.487 e. The van der Waals surface area contributed by atoms with Crippen molar-refractivity contribution in [3.8, 4) is 29.5 Å². The van der Waals surface area contributed by atoms with Crippen LogP contribution in [0.2, 0.25) is 0 Å². The van der Waals surface area contributed by atoms with E-state index in [0.29, 0.717) is 19.0 Å². The highest BCUT2D eigenvalue weighted by Gasteiger charge is 2.09. The molecule has 1 aromatic carbocycles. The Kier molecular flexibility index (Phi) is 8.09. The summed E-state index contributed by atoms with van der Waals surface area (Å²) in [6.45, 7) is 1.05. The average molecular weight is 449 g/mol. The number of benzene rings is 1. The maximum Gasteiger partial charge on any atom is 0.138 e. The molecule has 4 rings (SSSR count). The highest BCUT2D eigenvalue weighted by atomic mass is 16.5. The van der Waals surface area contributed by atoms with E-state index in [4.69, 9.17) is 15.9 Å². The summed E-state index contributed by atoms with van der Waals surface area (Å²) in [6, 6.07) is 23.2. The molecule has 0 fully saturated rings. The number of hydrogen-bond acceptors (Lipinski definition) is 6. The Bertz CT molecular complexity index is 1220. The lowest BCUT2D eigenvalue weighted by molar-refractivity contribution is 0.152. The predicted octanol–water partition coefficient (Wildman–Crippen LogP) is 4.93. The molecule has 4 aromatic rings. The van der Waals surface area contributed by atoms with E-state index >= 15 is 0 Å².